The van der Waals surface area contributed by atoms with Crippen molar-refractivity contribution in [3.8, 4) is 0 Å². The van der Waals surface area contributed by atoms with Crippen molar-refractivity contribution in [1.29, 1.82) is 0 Å². The van der Waals surface area contributed by atoms with Gasteiger partial charge in [0.25, 0.3) is 0 Å². The smallest absolute Gasteiger partial charge is 0.323 e. The minimum absolute atomic E-state index is 0.0623. The Morgan fingerprint density at radius 1 is 1.22 bits per heavy atom. The summed E-state index contributed by atoms with van der Waals surface area (Å²) in [6, 6.07) is 5.07. The summed E-state index contributed by atoms with van der Waals surface area (Å²) in [5, 5.41) is 0.0623. The van der Waals surface area contributed by atoms with Crippen molar-refractivity contribution in [2.24, 2.45) is 5.73 Å². The molecule has 2 unspecified atom stereocenters. The van der Waals surface area contributed by atoms with Gasteiger partial charge in [0, 0.05) is 28.6 Å². The van der Waals surface area contributed by atoms with Crippen LogP contribution in [0.15, 0.2) is 24.3 Å². The highest BCUT2D eigenvalue weighted by atomic mass is 32.2. The molecule has 2 N–H and O–H groups in total. The van der Waals surface area contributed by atoms with Gasteiger partial charge in [-0.15, -0.1) is 0 Å². The molecule has 1 fully saturated rings. The zero-order chi connectivity index (χ0) is 13.2. The molecule has 1 aliphatic heterocycles. The van der Waals surface area contributed by atoms with Gasteiger partial charge in [0.1, 0.15) is 0 Å². The second-order valence-electron chi connectivity index (χ2n) is 4.09. The number of hydrogen-bond donors (Lipinski definition) is 1. The minimum Gasteiger partial charge on any atom is -0.323 e. The zero-order valence-electron chi connectivity index (χ0n) is 9.61. The molecule has 1 saturated heterocycles. The number of benzene rings is 1. The molecule has 0 spiro atoms. The summed E-state index contributed by atoms with van der Waals surface area (Å²) < 4.78 is 38.7. The summed E-state index contributed by atoms with van der Waals surface area (Å²) in [6.07, 6.45) is -4.33. The molecule has 0 bridgehead atoms. The first-order chi connectivity index (χ1) is 8.50. The quantitative estimate of drug-likeness (QED) is 0.903. The first-order valence-electron chi connectivity index (χ1n) is 5.61. The number of rotatable bonds is 2. The molecule has 1 nitrogen and oxygen atoms in total. The van der Waals surface area contributed by atoms with Crippen LogP contribution >= 0.6 is 23.5 Å². The van der Waals surface area contributed by atoms with Crippen LogP contribution in [0.3, 0.4) is 0 Å². The predicted molar refractivity (Wildman–Crippen MR) is 71.9 cm³/mol. The van der Waals surface area contributed by atoms with Crippen molar-refractivity contribution in [2.75, 3.05) is 17.3 Å². The molecule has 1 aromatic rings. The zero-order valence-corrected chi connectivity index (χ0v) is 11.2. The van der Waals surface area contributed by atoms with E-state index >= 15 is 0 Å². The van der Waals surface area contributed by atoms with Gasteiger partial charge in [0.05, 0.1) is 5.56 Å². The number of hydrogen-bond acceptors (Lipinski definition) is 3. The van der Waals surface area contributed by atoms with E-state index in [0.717, 1.165) is 23.3 Å². The maximum atomic E-state index is 12.9. The number of halogens is 3. The molecule has 1 aromatic carbocycles. The molecule has 0 saturated carbocycles. The van der Waals surface area contributed by atoms with Gasteiger partial charge in [-0.2, -0.15) is 36.7 Å². The summed E-state index contributed by atoms with van der Waals surface area (Å²) in [5.41, 5.74) is 5.64. The highest BCUT2D eigenvalue weighted by Gasteiger charge is 2.36. The molecule has 0 aliphatic carbocycles. The lowest BCUT2D eigenvalue weighted by molar-refractivity contribution is -0.138. The molecular weight excluding hydrogens is 279 g/mol. The Morgan fingerprint density at radius 2 is 1.94 bits per heavy atom. The molecule has 18 heavy (non-hydrogen) atoms. The van der Waals surface area contributed by atoms with Crippen LogP contribution in [-0.4, -0.2) is 22.5 Å². The summed E-state index contributed by atoms with van der Waals surface area (Å²) in [5.74, 6) is 2.82. The van der Waals surface area contributed by atoms with Crippen LogP contribution in [0, 0.1) is 0 Å². The van der Waals surface area contributed by atoms with Crippen molar-refractivity contribution in [3.05, 3.63) is 35.4 Å². The Bertz CT molecular complexity index is 403. The van der Waals surface area contributed by atoms with Gasteiger partial charge in [-0.05, 0) is 11.6 Å². The fourth-order valence-corrected chi connectivity index (χ4v) is 4.75. The van der Waals surface area contributed by atoms with E-state index < -0.39 is 17.8 Å². The van der Waals surface area contributed by atoms with E-state index in [-0.39, 0.29) is 10.8 Å². The van der Waals surface area contributed by atoms with Crippen LogP contribution in [0.2, 0.25) is 0 Å². The summed E-state index contributed by atoms with van der Waals surface area (Å²) in [4.78, 5) is 0. The standard InChI is InChI=1S/C12H14F3NS2/c13-12(14,15)9-4-2-1-3-8(9)11(16)10-7-17-5-6-18-10/h1-4,10-11H,5-7,16H2. The summed E-state index contributed by atoms with van der Waals surface area (Å²) >= 11 is 3.43. The fraction of sp³-hybridized carbons (Fsp3) is 0.500. The van der Waals surface area contributed by atoms with Crippen molar-refractivity contribution in [2.45, 2.75) is 17.5 Å². The third-order valence-electron chi connectivity index (χ3n) is 2.87. The highest BCUT2D eigenvalue weighted by Crippen LogP contribution is 2.38. The van der Waals surface area contributed by atoms with E-state index in [1.165, 1.54) is 12.1 Å². The van der Waals surface area contributed by atoms with Crippen LogP contribution in [0.5, 0.6) is 0 Å². The average Bonchev–Trinajstić information content (AvgIpc) is 2.38. The van der Waals surface area contributed by atoms with Crippen molar-refractivity contribution in [3.63, 3.8) is 0 Å². The molecule has 6 heteroatoms. The Hall–Kier alpha value is -0.330. The summed E-state index contributed by atoms with van der Waals surface area (Å²) in [7, 11) is 0. The molecule has 0 radical (unpaired) electrons. The first kappa shape index (κ1) is 14.1. The SMILES string of the molecule is NC(c1ccccc1C(F)(F)F)C1CSCCS1. The Morgan fingerprint density at radius 3 is 2.56 bits per heavy atom. The van der Waals surface area contributed by atoms with Gasteiger partial charge in [0.15, 0.2) is 0 Å². The molecule has 2 rings (SSSR count). The number of alkyl halides is 3. The van der Waals surface area contributed by atoms with Crippen LogP contribution in [0.1, 0.15) is 17.2 Å². The Balaban J connectivity index is 2.26. The molecule has 0 aromatic heterocycles. The first-order valence-corrected chi connectivity index (χ1v) is 7.81. The van der Waals surface area contributed by atoms with E-state index in [1.54, 1.807) is 29.6 Å². The van der Waals surface area contributed by atoms with Crippen molar-refractivity contribution in [1.82, 2.24) is 0 Å². The third kappa shape index (κ3) is 3.16. The van der Waals surface area contributed by atoms with E-state index in [1.807, 2.05) is 0 Å². The van der Waals surface area contributed by atoms with Gasteiger partial charge in [-0.25, -0.2) is 0 Å². The maximum Gasteiger partial charge on any atom is 0.416 e. The van der Waals surface area contributed by atoms with E-state index in [0.29, 0.717) is 0 Å². The molecule has 0 amide bonds. The fourth-order valence-electron chi connectivity index (χ4n) is 1.96. The molecule has 2 atom stereocenters. The van der Waals surface area contributed by atoms with Gasteiger partial charge in [0.2, 0.25) is 0 Å². The largest absolute Gasteiger partial charge is 0.416 e. The topological polar surface area (TPSA) is 26.0 Å². The van der Waals surface area contributed by atoms with Gasteiger partial charge < -0.3 is 5.73 Å². The van der Waals surface area contributed by atoms with Crippen LogP contribution in [-0.2, 0) is 6.18 Å². The van der Waals surface area contributed by atoms with Gasteiger partial charge >= 0.3 is 6.18 Å². The third-order valence-corrected chi connectivity index (χ3v) is 5.75. The molecule has 1 aliphatic rings. The van der Waals surface area contributed by atoms with Crippen LogP contribution in [0.25, 0.3) is 0 Å². The minimum atomic E-state index is -4.33. The second kappa shape index (κ2) is 5.75. The maximum absolute atomic E-state index is 12.9. The summed E-state index contributed by atoms with van der Waals surface area (Å²) in [6.45, 7) is 0. The van der Waals surface area contributed by atoms with Gasteiger partial charge in [-0.1, -0.05) is 18.2 Å². The normalized spacial score (nSPS) is 22.8. The van der Waals surface area contributed by atoms with Crippen LogP contribution < -0.4 is 5.73 Å². The average molecular weight is 293 g/mol. The highest BCUT2D eigenvalue weighted by molar-refractivity contribution is 8.06. The molecule has 100 valence electrons. The Labute approximate surface area is 113 Å². The van der Waals surface area contributed by atoms with E-state index in [4.69, 9.17) is 5.73 Å². The van der Waals surface area contributed by atoms with Gasteiger partial charge in [-0.3, -0.25) is 0 Å². The number of thioether (sulfide) groups is 2. The van der Waals surface area contributed by atoms with Crippen molar-refractivity contribution < 1.29 is 13.2 Å². The lowest BCUT2D eigenvalue weighted by Gasteiger charge is -2.28. The lowest BCUT2D eigenvalue weighted by atomic mass is 9.98. The second-order valence-corrected chi connectivity index (χ2v) is 6.59. The monoisotopic (exact) mass is 293 g/mol. The molecule has 1 heterocycles. The molecular formula is C12H14F3NS2. The van der Waals surface area contributed by atoms with Crippen LogP contribution in [0.4, 0.5) is 13.2 Å². The number of nitrogens with two attached hydrogens (primary N) is 1. The van der Waals surface area contributed by atoms with E-state index in [9.17, 15) is 13.2 Å². The van der Waals surface area contributed by atoms with E-state index in [2.05, 4.69) is 0 Å². The lowest BCUT2D eigenvalue weighted by Crippen LogP contribution is -2.30. The Kier molecular flexibility index (Phi) is 4.50. The van der Waals surface area contributed by atoms with Crippen molar-refractivity contribution >= 4 is 23.5 Å². The predicted octanol–water partition coefficient (Wildman–Crippen LogP) is 3.55.